The molecule has 1 amide bonds. The van der Waals surface area contributed by atoms with Gasteiger partial charge in [0.05, 0.1) is 17.9 Å². The minimum Gasteiger partial charge on any atom is -0.483 e. The molecule has 41 heavy (non-hydrogen) atoms. The quantitative estimate of drug-likeness (QED) is 0.302. The Bertz CT molecular complexity index is 1580. The average Bonchev–Trinajstić information content (AvgIpc) is 3.63. The van der Waals surface area contributed by atoms with Crippen LogP contribution >= 0.6 is 0 Å². The van der Waals surface area contributed by atoms with E-state index in [-0.39, 0.29) is 12.4 Å². The third-order valence-electron chi connectivity index (χ3n) is 7.62. The van der Waals surface area contributed by atoms with E-state index >= 15 is 0 Å². The summed E-state index contributed by atoms with van der Waals surface area (Å²) in [5, 5.41) is 11.1. The largest absolute Gasteiger partial charge is 0.483 e. The molecule has 2 aliphatic heterocycles. The molecule has 0 bridgehead atoms. The van der Waals surface area contributed by atoms with E-state index in [1.54, 1.807) is 12.3 Å². The number of fused-ring (bicyclic) bond motifs is 2. The first-order valence-electron chi connectivity index (χ1n) is 13.8. The lowest BCUT2D eigenvalue weighted by Gasteiger charge is -2.42. The number of nitrogens with zero attached hydrogens (tertiary/aromatic N) is 5. The van der Waals surface area contributed by atoms with Crippen LogP contribution in [-0.4, -0.2) is 80.2 Å². The van der Waals surface area contributed by atoms with Crippen LogP contribution in [-0.2, 0) is 17.9 Å². The molecule has 1 atom stereocenters. The number of anilines is 1. The SMILES string of the molecule is CC(C)N1CCN(Cc2cccc(C(=O)Nc3cc(-c4ccnc5[nH]ccc45)cc4c3C=NC4)n2)CC1C.O=CO. The van der Waals surface area contributed by atoms with Crippen molar-refractivity contribution in [3.05, 3.63) is 77.4 Å². The zero-order valence-electron chi connectivity index (χ0n) is 23.5. The van der Waals surface area contributed by atoms with E-state index in [2.05, 4.69) is 56.9 Å². The molecule has 10 heteroatoms. The van der Waals surface area contributed by atoms with Crippen molar-refractivity contribution in [1.82, 2.24) is 24.8 Å². The third-order valence-corrected chi connectivity index (χ3v) is 7.62. The molecule has 3 N–H and O–H groups in total. The molecule has 10 nitrogen and oxygen atoms in total. The summed E-state index contributed by atoms with van der Waals surface area (Å²) in [5.41, 5.74) is 7.05. The van der Waals surface area contributed by atoms with E-state index < -0.39 is 0 Å². The molecule has 0 aliphatic carbocycles. The number of hydrogen-bond donors (Lipinski definition) is 3. The first-order chi connectivity index (χ1) is 19.9. The molecule has 2 aliphatic rings. The van der Waals surface area contributed by atoms with Crippen LogP contribution in [0.15, 0.2) is 59.9 Å². The van der Waals surface area contributed by atoms with Crippen LogP contribution in [0.5, 0.6) is 0 Å². The highest BCUT2D eigenvalue weighted by Gasteiger charge is 2.26. The second kappa shape index (κ2) is 12.4. The van der Waals surface area contributed by atoms with Crippen LogP contribution in [0.25, 0.3) is 22.2 Å². The molecule has 212 valence electrons. The highest BCUT2D eigenvalue weighted by atomic mass is 16.3. The van der Waals surface area contributed by atoms with Gasteiger partial charge in [-0.1, -0.05) is 6.07 Å². The maximum absolute atomic E-state index is 13.4. The number of pyridine rings is 2. The van der Waals surface area contributed by atoms with Crippen molar-refractivity contribution in [1.29, 1.82) is 0 Å². The molecule has 1 fully saturated rings. The smallest absolute Gasteiger partial charge is 0.290 e. The Labute approximate surface area is 239 Å². The van der Waals surface area contributed by atoms with Crippen molar-refractivity contribution < 1.29 is 14.7 Å². The second-order valence-electron chi connectivity index (χ2n) is 10.7. The summed E-state index contributed by atoms with van der Waals surface area (Å²) < 4.78 is 0. The lowest BCUT2D eigenvalue weighted by molar-refractivity contribution is -0.122. The molecule has 0 radical (unpaired) electrons. The number of amides is 1. The van der Waals surface area contributed by atoms with Crippen molar-refractivity contribution in [3.8, 4) is 11.1 Å². The molecule has 5 heterocycles. The minimum atomic E-state index is -0.250. The van der Waals surface area contributed by atoms with E-state index in [1.165, 1.54) is 0 Å². The molecular weight excluding hydrogens is 518 g/mol. The zero-order valence-corrected chi connectivity index (χ0v) is 23.5. The van der Waals surface area contributed by atoms with E-state index in [4.69, 9.17) is 14.9 Å². The summed E-state index contributed by atoms with van der Waals surface area (Å²) in [7, 11) is 0. The van der Waals surface area contributed by atoms with Gasteiger partial charge in [0.25, 0.3) is 12.4 Å². The van der Waals surface area contributed by atoms with Gasteiger partial charge in [-0.2, -0.15) is 0 Å². The maximum Gasteiger partial charge on any atom is 0.290 e. The normalized spacial score (nSPS) is 16.8. The van der Waals surface area contributed by atoms with Gasteiger partial charge < -0.3 is 15.4 Å². The molecule has 4 aromatic rings. The van der Waals surface area contributed by atoms with Gasteiger partial charge in [-0.3, -0.25) is 24.4 Å². The summed E-state index contributed by atoms with van der Waals surface area (Å²) >= 11 is 0. The van der Waals surface area contributed by atoms with Crippen LogP contribution in [0.3, 0.4) is 0 Å². The average molecular weight is 554 g/mol. The molecule has 3 aromatic heterocycles. The predicted octanol–water partition coefficient (Wildman–Crippen LogP) is 4.43. The van der Waals surface area contributed by atoms with Crippen molar-refractivity contribution >= 4 is 35.3 Å². The van der Waals surface area contributed by atoms with Gasteiger partial charge in [0.1, 0.15) is 11.3 Å². The molecule has 0 spiro atoms. The van der Waals surface area contributed by atoms with Crippen LogP contribution in [0.4, 0.5) is 5.69 Å². The summed E-state index contributed by atoms with van der Waals surface area (Å²) in [6, 6.07) is 15.0. The number of aliphatic imine (C=N–C) groups is 1. The lowest BCUT2D eigenvalue weighted by Crippen LogP contribution is -2.53. The van der Waals surface area contributed by atoms with Gasteiger partial charge in [-0.15, -0.1) is 0 Å². The summed E-state index contributed by atoms with van der Waals surface area (Å²) in [4.78, 5) is 43.5. The van der Waals surface area contributed by atoms with Crippen molar-refractivity contribution in [2.75, 3.05) is 25.0 Å². The number of piperazine rings is 1. The maximum atomic E-state index is 13.4. The molecule has 0 saturated carbocycles. The van der Waals surface area contributed by atoms with Crippen molar-refractivity contribution in [2.45, 2.75) is 45.9 Å². The Morgan fingerprint density at radius 1 is 1.22 bits per heavy atom. The Kier molecular flexibility index (Phi) is 8.51. The fraction of sp³-hybridized carbons (Fsp3) is 0.323. The summed E-state index contributed by atoms with van der Waals surface area (Å²) in [5.74, 6) is -0.217. The topological polar surface area (TPSA) is 127 Å². The van der Waals surface area contributed by atoms with Gasteiger partial charge in [-0.25, -0.2) is 9.97 Å². The Balaban J connectivity index is 0.00000108. The van der Waals surface area contributed by atoms with Gasteiger partial charge in [-0.05, 0) is 73.9 Å². The van der Waals surface area contributed by atoms with Crippen molar-refractivity contribution in [2.24, 2.45) is 4.99 Å². The minimum absolute atomic E-state index is 0.217. The van der Waals surface area contributed by atoms with E-state index in [9.17, 15) is 4.79 Å². The Morgan fingerprint density at radius 3 is 2.83 bits per heavy atom. The number of hydrogen-bond acceptors (Lipinski definition) is 7. The predicted molar refractivity (Wildman–Crippen MR) is 160 cm³/mol. The van der Waals surface area contributed by atoms with Crippen LogP contribution < -0.4 is 5.32 Å². The third kappa shape index (κ3) is 6.18. The number of rotatable bonds is 6. The Hall–Kier alpha value is -4.41. The fourth-order valence-electron chi connectivity index (χ4n) is 5.77. The number of carboxylic acid groups (broad SMARTS) is 1. The summed E-state index contributed by atoms with van der Waals surface area (Å²) in [6.45, 7) is 10.9. The molecule has 1 unspecified atom stereocenters. The highest BCUT2D eigenvalue weighted by molar-refractivity contribution is 6.07. The molecular formula is C31H35N7O3. The first kappa shape index (κ1) is 28.1. The number of aromatic amines is 1. The first-order valence-corrected chi connectivity index (χ1v) is 13.8. The number of carbonyl (C=O) groups excluding carboxylic acids is 1. The monoisotopic (exact) mass is 553 g/mol. The molecule has 1 saturated heterocycles. The number of carbonyl (C=O) groups is 2. The van der Waals surface area contributed by atoms with Crippen LogP contribution in [0, 0.1) is 0 Å². The highest BCUT2D eigenvalue weighted by Crippen LogP contribution is 2.34. The van der Waals surface area contributed by atoms with Gasteiger partial charge in [0.15, 0.2) is 0 Å². The number of benzene rings is 1. The van der Waals surface area contributed by atoms with Crippen molar-refractivity contribution in [3.63, 3.8) is 0 Å². The number of aromatic nitrogens is 3. The zero-order chi connectivity index (χ0) is 28.9. The molecule has 6 rings (SSSR count). The van der Waals surface area contributed by atoms with E-state index in [1.807, 2.05) is 42.7 Å². The number of nitrogens with one attached hydrogen (secondary N) is 2. The van der Waals surface area contributed by atoms with E-state index in [0.29, 0.717) is 24.3 Å². The molecule has 1 aromatic carbocycles. The van der Waals surface area contributed by atoms with E-state index in [0.717, 1.165) is 70.8 Å². The second-order valence-corrected chi connectivity index (χ2v) is 10.7. The lowest BCUT2D eigenvalue weighted by atomic mass is 9.97. The fourth-order valence-corrected chi connectivity index (χ4v) is 5.77. The van der Waals surface area contributed by atoms with Gasteiger partial charge in [0.2, 0.25) is 0 Å². The standard InChI is InChI=1S/C30H33N7O.CH2O2/c1-19(2)37-12-11-36(17-20(37)3)18-23-5-4-6-27(34-23)30(38)35-28-14-21(13-22-15-31-16-26(22)28)24-7-9-32-29-25(24)8-10-33-29;2-1-3/h4-10,13-14,16,19-20H,11-12,15,17-18H2,1-3H3,(H,32,33)(H,35,38);1H,(H,2,3). The Morgan fingerprint density at radius 2 is 2.05 bits per heavy atom. The number of H-pyrrole nitrogens is 1. The van der Waals surface area contributed by atoms with Gasteiger partial charge in [0, 0.05) is 67.8 Å². The van der Waals surface area contributed by atoms with Gasteiger partial charge >= 0.3 is 0 Å². The summed E-state index contributed by atoms with van der Waals surface area (Å²) in [6.07, 6.45) is 5.54. The van der Waals surface area contributed by atoms with Crippen LogP contribution in [0.2, 0.25) is 0 Å². The van der Waals surface area contributed by atoms with Crippen LogP contribution in [0.1, 0.15) is 48.1 Å².